The molecule has 2 aromatic rings. The first-order chi connectivity index (χ1) is 12.3. The van der Waals surface area contributed by atoms with Gasteiger partial charge in [0, 0.05) is 10.9 Å². The van der Waals surface area contributed by atoms with Crippen molar-refractivity contribution in [2.24, 2.45) is 11.7 Å². The van der Waals surface area contributed by atoms with Crippen molar-refractivity contribution >= 4 is 29.2 Å². The van der Waals surface area contributed by atoms with E-state index in [2.05, 4.69) is 4.98 Å². The first-order valence-corrected chi connectivity index (χ1v) is 8.95. The number of carbonyl (C=O) groups excluding carboxylic acids is 3. The quantitative estimate of drug-likeness (QED) is 0.753. The number of rotatable bonds is 6. The Labute approximate surface area is 155 Å². The highest BCUT2D eigenvalue weighted by atomic mass is 32.1. The number of primary amides is 1. The highest BCUT2D eigenvalue weighted by Crippen LogP contribution is 2.24. The molecule has 0 bridgehead atoms. The Morgan fingerprint density at radius 2 is 2.04 bits per heavy atom. The van der Waals surface area contributed by atoms with Crippen molar-refractivity contribution < 1.29 is 19.1 Å². The molecule has 1 atom stereocenters. The molecule has 138 valence electrons. The van der Waals surface area contributed by atoms with Crippen LogP contribution in [0.15, 0.2) is 29.6 Å². The molecule has 2 rings (SSSR count). The molecule has 0 unspecified atom stereocenters. The molecule has 1 aromatic heterocycles. The molecule has 0 aliphatic carbocycles. The Bertz CT molecular complexity index is 816. The molecule has 0 saturated heterocycles. The zero-order chi connectivity index (χ0) is 19.3. The number of aromatic nitrogens is 1. The highest BCUT2D eigenvalue weighted by molar-refractivity contribution is 7.13. The van der Waals surface area contributed by atoms with E-state index in [-0.39, 0.29) is 12.3 Å². The summed E-state index contributed by atoms with van der Waals surface area (Å²) in [5.41, 5.74) is 7.60. The van der Waals surface area contributed by atoms with Crippen LogP contribution in [-0.4, -0.2) is 29.0 Å². The predicted octanol–water partition coefficient (Wildman–Crippen LogP) is 2.42. The third-order valence-electron chi connectivity index (χ3n) is 3.51. The lowest BCUT2D eigenvalue weighted by Gasteiger charge is -2.19. The number of hydrogen-bond donors (Lipinski definition) is 2. The summed E-state index contributed by atoms with van der Waals surface area (Å²) in [6.07, 6.45) is -1.15. The van der Waals surface area contributed by atoms with E-state index in [0.29, 0.717) is 5.69 Å². The maximum Gasteiger partial charge on any atom is 0.318 e. The van der Waals surface area contributed by atoms with Gasteiger partial charge in [-0.05, 0) is 18.9 Å². The van der Waals surface area contributed by atoms with Crippen LogP contribution in [0.4, 0.5) is 4.79 Å². The first kappa shape index (κ1) is 19.6. The van der Waals surface area contributed by atoms with Crippen molar-refractivity contribution in [2.45, 2.75) is 33.3 Å². The molecule has 3 N–H and O–H groups in total. The van der Waals surface area contributed by atoms with Crippen molar-refractivity contribution in [3.8, 4) is 10.6 Å². The first-order valence-electron chi connectivity index (χ1n) is 8.07. The summed E-state index contributed by atoms with van der Waals surface area (Å²) in [5.74, 6) is -1.64. The number of urea groups is 1. The van der Waals surface area contributed by atoms with Gasteiger partial charge in [0.2, 0.25) is 0 Å². The Hall–Kier alpha value is -2.74. The second-order valence-electron chi connectivity index (χ2n) is 6.20. The summed E-state index contributed by atoms with van der Waals surface area (Å²) in [7, 11) is 0. The molecule has 0 aliphatic heterocycles. The summed E-state index contributed by atoms with van der Waals surface area (Å²) in [6, 6.07) is 6.93. The minimum atomic E-state index is -1.09. The standard InChI is InChI=1S/C18H21N3O4S/c1-10(2)15(16(23)21-18(19)24)25-14(22)8-13-9-26-17(20-13)12-6-4-5-11(3)7-12/h4-7,9-10,15H,8H2,1-3H3,(H3,19,21,23,24)/t15-/m0/s1. The van der Waals surface area contributed by atoms with Gasteiger partial charge in [0.1, 0.15) is 5.01 Å². The summed E-state index contributed by atoms with van der Waals surface area (Å²) < 4.78 is 5.22. The SMILES string of the molecule is Cc1cccc(-c2nc(CC(=O)O[C@H](C(=O)NC(N)=O)C(C)C)cs2)c1. The van der Waals surface area contributed by atoms with Crippen LogP contribution in [0.25, 0.3) is 10.6 Å². The van der Waals surface area contributed by atoms with Crippen molar-refractivity contribution in [1.82, 2.24) is 10.3 Å². The average molecular weight is 375 g/mol. The molecule has 26 heavy (non-hydrogen) atoms. The number of aryl methyl sites for hydroxylation is 1. The number of ether oxygens (including phenoxy) is 1. The Kier molecular flexibility index (Phi) is 6.46. The number of nitrogens with one attached hydrogen (secondary N) is 1. The largest absolute Gasteiger partial charge is 0.452 e. The van der Waals surface area contributed by atoms with Crippen molar-refractivity contribution in [2.75, 3.05) is 0 Å². The van der Waals surface area contributed by atoms with Crippen LogP contribution < -0.4 is 11.1 Å². The summed E-state index contributed by atoms with van der Waals surface area (Å²) >= 11 is 1.43. The van der Waals surface area contributed by atoms with Crippen LogP contribution in [0, 0.1) is 12.8 Å². The molecule has 3 amide bonds. The van der Waals surface area contributed by atoms with E-state index in [1.165, 1.54) is 11.3 Å². The van der Waals surface area contributed by atoms with Crippen LogP contribution in [-0.2, 0) is 20.7 Å². The van der Waals surface area contributed by atoms with E-state index < -0.39 is 24.0 Å². The van der Waals surface area contributed by atoms with Crippen LogP contribution >= 0.6 is 11.3 Å². The average Bonchev–Trinajstić information content (AvgIpc) is 3.00. The van der Waals surface area contributed by atoms with Crippen molar-refractivity contribution in [3.63, 3.8) is 0 Å². The maximum absolute atomic E-state index is 12.2. The Balaban J connectivity index is 2.03. The highest BCUT2D eigenvalue weighted by Gasteiger charge is 2.27. The second-order valence-corrected chi connectivity index (χ2v) is 7.06. The Morgan fingerprint density at radius 3 is 2.65 bits per heavy atom. The molecule has 0 fully saturated rings. The predicted molar refractivity (Wildman–Crippen MR) is 98.4 cm³/mol. The van der Waals surface area contributed by atoms with Gasteiger partial charge in [-0.15, -0.1) is 11.3 Å². The van der Waals surface area contributed by atoms with Gasteiger partial charge < -0.3 is 10.5 Å². The van der Waals surface area contributed by atoms with Gasteiger partial charge >= 0.3 is 12.0 Å². The summed E-state index contributed by atoms with van der Waals surface area (Å²) in [4.78, 5) is 39.3. The lowest BCUT2D eigenvalue weighted by molar-refractivity contribution is -0.157. The zero-order valence-electron chi connectivity index (χ0n) is 14.8. The fourth-order valence-corrected chi connectivity index (χ4v) is 3.13. The zero-order valence-corrected chi connectivity index (χ0v) is 15.6. The van der Waals surface area contributed by atoms with Crippen molar-refractivity contribution in [1.29, 1.82) is 0 Å². The minimum absolute atomic E-state index is 0.0601. The van der Waals surface area contributed by atoms with E-state index in [1.54, 1.807) is 19.2 Å². The third-order valence-corrected chi connectivity index (χ3v) is 4.45. The van der Waals surface area contributed by atoms with Crippen LogP contribution in [0.5, 0.6) is 0 Å². The van der Waals surface area contributed by atoms with E-state index in [4.69, 9.17) is 10.5 Å². The van der Waals surface area contributed by atoms with Gasteiger partial charge in [-0.1, -0.05) is 37.6 Å². The minimum Gasteiger partial charge on any atom is -0.452 e. The number of benzene rings is 1. The van der Waals surface area contributed by atoms with E-state index in [9.17, 15) is 14.4 Å². The number of esters is 1. The Morgan fingerprint density at radius 1 is 1.31 bits per heavy atom. The molecule has 7 nitrogen and oxygen atoms in total. The molecule has 1 aromatic carbocycles. The molecule has 1 heterocycles. The van der Waals surface area contributed by atoms with Crippen LogP contribution in [0.2, 0.25) is 0 Å². The smallest absolute Gasteiger partial charge is 0.318 e. The lowest BCUT2D eigenvalue weighted by Crippen LogP contribution is -2.45. The molecule has 0 saturated carbocycles. The number of nitrogens with two attached hydrogens (primary N) is 1. The normalized spacial score (nSPS) is 11.8. The monoisotopic (exact) mass is 375 g/mol. The fraction of sp³-hybridized carbons (Fsp3) is 0.333. The molecule has 8 heteroatoms. The molecular formula is C18H21N3O4S. The number of imide groups is 1. The van der Waals surface area contributed by atoms with Gasteiger partial charge in [-0.2, -0.15) is 0 Å². The topological polar surface area (TPSA) is 111 Å². The van der Waals surface area contributed by atoms with Crippen molar-refractivity contribution in [3.05, 3.63) is 40.9 Å². The number of carbonyl (C=O) groups is 3. The molecular weight excluding hydrogens is 354 g/mol. The molecule has 0 radical (unpaired) electrons. The van der Waals surface area contributed by atoms with Crippen LogP contribution in [0.3, 0.4) is 0 Å². The summed E-state index contributed by atoms with van der Waals surface area (Å²) in [5, 5.41) is 4.53. The maximum atomic E-state index is 12.2. The van der Waals surface area contributed by atoms with E-state index in [0.717, 1.165) is 16.1 Å². The number of amides is 3. The number of hydrogen-bond acceptors (Lipinski definition) is 6. The van der Waals surface area contributed by atoms with E-state index >= 15 is 0 Å². The van der Waals surface area contributed by atoms with Gasteiger partial charge in [0.05, 0.1) is 12.1 Å². The molecule has 0 spiro atoms. The molecule has 0 aliphatic rings. The third kappa shape index (κ3) is 5.38. The van der Waals surface area contributed by atoms with Gasteiger partial charge in [-0.25, -0.2) is 9.78 Å². The fourth-order valence-electron chi connectivity index (χ4n) is 2.31. The van der Waals surface area contributed by atoms with Crippen LogP contribution in [0.1, 0.15) is 25.1 Å². The summed E-state index contributed by atoms with van der Waals surface area (Å²) in [6.45, 7) is 5.41. The number of thiazole rings is 1. The van der Waals surface area contributed by atoms with Gasteiger partial charge in [0.25, 0.3) is 5.91 Å². The lowest BCUT2D eigenvalue weighted by atomic mass is 10.1. The van der Waals surface area contributed by atoms with Gasteiger partial charge in [0.15, 0.2) is 6.10 Å². The second kappa shape index (κ2) is 8.57. The number of nitrogens with zero attached hydrogens (tertiary/aromatic N) is 1. The van der Waals surface area contributed by atoms with E-state index in [1.807, 2.05) is 36.5 Å². The van der Waals surface area contributed by atoms with Gasteiger partial charge in [-0.3, -0.25) is 14.9 Å².